The highest BCUT2D eigenvalue weighted by Gasteiger charge is 2.23. The first-order chi connectivity index (χ1) is 9.08. The molecule has 2 N–H and O–H groups in total. The number of hydrogen-bond acceptors (Lipinski definition) is 4. The summed E-state index contributed by atoms with van der Waals surface area (Å²) in [7, 11) is 2.21. The van der Waals surface area contributed by atoms with Gasteiger partial charge in [0.05, 0.1) is 6.04 Å². The number of aryl methyl sites for hydroxylation is 1. The summed E-state index contributed by atoms with van der Waals surface area (Å²) < 4.78 is 0. The Labute approximate surface area is 121 Å². The Morgan fingerprint density at radius 2 is 2.05 bits per heavy atom. The normalized spacial score (nSPS) is 20.1. The van der Waals surface area contributed by atoms with E-state index in [2.05, 4.69) is 42.8 Å². The minimum Gasteiger partial charge on any atom is -0.326 e. The number of likely N-dealkylation sites (N-methyl/N-ethyl adjacent to an activating group) is 1. The second kappa shape index (κ2) is 6.84. The minimum atomic E-state index is 0.168. The molecule has 0 saturated carbocycles. The Bertz CT molecular complexity index is 382. The predicted molar refractivity (Wildman–Crippen MR) is 83.8 cm³/mol. The van der Waals surface area contributed by atoms with Gasteiger partial charge >= 0.3 is 0 Å². The third kappa shape index (κ3) is 4.02. The molecular weight excluding hydrogens is 254 g/mol. The molecule has 2 rings (SSSR count). The molecule has 0 aromatic carbocycles. The lowest BCUT2D eigenvalue weighted by atomic mass is 10.1. The molecule has 4 heteroatoms. The zero-order valence-corrected chi connectivity index (χ0v) is 13.2. The average Bonchev–Trinajstić information content (AvgIpc) is 2.98. The van der Waals surface area contributed by atoms with Gasteiger partial charge in [0, 0.05) is 28.9 Å². The third-order valence-electron chi connectivity index (χ3n) is 3.99. The van der Waals surface area contributed by atoms with Crippen LogP contribution in [0.5, 0.6) is 0 Å². The molecule has 0 radical (unpaired) electrons. The van der Waals surface area contributed by atoms with Crippen LogP contribution in [0.4, 0.5) is 0 Å². The molecule has 0 aliphatic carbocycles. The molecule has 1 saturated heterocycles. The second-order valence-electron chi connectivity index (χ2n) is 5.78. The van der Waals surface area contributed by atoms with Crippen molar-refractivity contribution in [1.29, 1.82) is 0 Å². The zero-order valence-electron chi connectivity index (χ0n) is 12.4. The molecule has 0 bridgehead atoms. The highest BCUT2D eigenvalue weighted by molar-refractivity contribution is 7.12. The lowest BCUT2D eigenvalue weighted by Gasteiger charge is -2.31. The summed E-state index contributed by atoms with van der Waals surface area (Å²) >= 11 is 1.88. The van der Waals surface area contributed by atoms with Crippen LogP contribution in [0, 0.1) is 6.92 Å². The molecule has 19 heavy (non-hydrogen) atoms. The fourth-order valence-electron chi connectivity index (χ4n) is 2.93. The summed E-state index contributed by atoms with van der Waals surface area (Å²) in [6.07, 6.45) is 2.73. The molecule has 1 aromatic heterocycles. The van der Waals surface area contributed by atoms with Gasteiger partial charge in [-0.1, -0.05) is 0 Å². The lowest BCUT2D eigenvalue weighted by Crippen LogP contribution is -2.40. The van der Waals surface area contributed by atoms with E-state index >= 15 is 0 Å². The molecule has 1 aliphatic heterocycles. The van der Waals surface area contributed by atoms with Crippen LogP contribution < -0.4 is 5.73 Å². The Morgan fingerprint density at radius 3 is 2.58 bits per heavy atom. The van der Waals surface area contributed by atoms with Crippen molar-refractivity contribution < 1.29 is 0 Å². The molecule has 108 valence electrons. The van der Waals surface area contributed by atoms with E-state index in [1.165, 1.54) is 42.2 Å². The molecule has 2 atom stereocenters. The van der Waals surface area contributed by atoms with Crippen molar-refractivity contribution in [3.63, 3.8) is 0 Å². The van der Waals surface area contributed by atoms with Gasteiger partial charge in [0.25, 0.3) is 0 Å². The molecular formula is C15H27N3S. The molecule has 2 heterocycles. The standard InChI is InChI=1S/C15H27N3S/c1-12-6-7-14(19-12)15(13(2)16)17(3)10-11-18-8-4-5-9-18/h6-7,13,15H,4-5,8-11,16H2,1-3H3. The predicted octanol–water partition coefficient (Wildman–Crippen LogP) is 2.47. The largest absolute Gasteiger partial charge is 0.326 e. The number of rotatable bonds is 6. The van der Waals surface area contributed by atoms with E-state index in [-0.39, 0.29) is 6.04 Å². The van der Waals surface area contributed by atoms with Gasteiger partial charge in [-0.25, -0.2) is 0 Å². The van der Waals surface area contributed by atoms with Crippen molar-refractivity contribution in [2.24, 2.45) is 5.73 Å². The first kappa shape index (κ1) is 15.0. The number of hydrogen-bond donors (Lipinski definition) is 1. The molecule has 1 aliphatic rings. The lowest BCUT2D eigenvalue weighted by molar-refractivity contribution is 0.191. The highest BCUT2D eigenvalue weighted by atomic mass is 32.1. The van der Waals surface area contributed by atoms with Crippen LogP contribution in [0.15, 0.2) is 12.1 Å². The van der Waals surface area contributed by atoms with Gasteiger partial charge in [0.15, 0.2) is 0 Å². The van der Waals surface area contributed by atoms with Gasteiger partial charge in [0.1, 0.15) is 0 Å². The maximum absolute atomic E-state index is 6.21. The van der Waals surface area contributed by atoms with E-state index in [9.17, 15) is 0 Å². The van der Waals surface area contributed by atoms with Crippen LogP contribution in [-0.2, 0) is 0 Å². The Balaban J connectivity index is 1.94. The van der Waals surface area contributed by atoms with Gasteiger partial charge in [-0.15, -0.1) is 11.3 Å². The smallest absolute Gasteiger partial charge is 0.0588 e. The molecule has 1 aromatic rings. The summed E-state index contributed by atoms with van der Waals surface area (Å²) in [5.74, 6) is 0. The van der Waals surface area contributed by atoms with Crippen molar-refractivity contribution in [1.82, 2.24) is 9.80 Å². The van der Waals surface area contributed by atoms with Gasteiger partial charge in [-0.3, -0.25) is 4.90 Å². The maximum Gasteiger partial charge on any atom is 0.0588 e. The quantitative estimate of drug-likeness (QED) is 0.869. The van der Waals surface area contributed by atoms with Crippen LogP contribution in [0.1, 0.15) is 35.6 Å². The van der Waals surface area contributed by atoms with Crippen LogP contribution in [0.25, 0.3) is 0 Å². The van der Waals surface area contributed by atoms with E-state index in [1.807, 2.05) is 11.3 Å². The Morgan fingerprint density at radius 1 is 1.37 bits per heavy atom. The summed E-state index contributed by atoms with van der Waals surface area (Å²) in [6, 6.07) is 4.95. The van der Waals surface area contributed by atoms with Crippen molar-refractivity contribution in [2.45, 2.75) is 38.8 Å². The van der Waals surface area contributed by atoms with Crippen LogP contribution in [0.2, 0.25) is 0 Å². The second-order valence-corrected chi connectivity index (χ2v) is 7.10. The first-order valence-corrected chi connectivity index (χ1v) is 8.14. The fourth-order valence-corrected chi connectivity index (χ4v) is 4.09. The summed E-state index contributed by atoms with van der Waals surface area (Å²) in [5, 5.41) is 0. The van der Waals surface area contributed by atoms with Gasteiger partial charge in [0.2, 0.25) is 0 Å². The number of nitrogens with zero attached hydrogens (tertiary/aromatic N) is 2. The summed E-state index contributed by atoms with van der Waals surface area (Å²) in [5.41, 5.74) is 6.21. The van der Waals surface area contributed by atoms with Crippen molar-refractivity contribution >= 4 is 11.3 Å². The number of thiophene rings is 1. The highest BCUT2D eigenvalue weighted by Crippen LogP contribution is 2.28. The summed E-state index contributed by atoms with van der Waals surface area (Å²) in [6.45, 7) is 9.10. The van der Waals surface area contributed by atoms with E-state index in [4.69, 9.17) is 5.73 Å². The summed E-state index contributed by atoms with van der Waals surface area (Å²) in [4.78, 5) is 7.76. The molecule has 0 spiro atoms. The Kier molecular flexibility index (Phi) is 5.39. The average molecular weight is 281 g/mol. The van der Waals surface area contributed by atoms with Gasteiger partial charge < -0.3 is 10.6 Å². The van der Waals surface area contributed by atoms with Crippen molar-refractivity contribution in [3.05, 3.63) is 21.9 Å². The van der Waals surface area contributed by atoms with Gasteiger partial charge in [-0.05, 0) is 59.0 Å². The minimum absolute atomic E-state index is 0.168. The molecule has 3 nitrogen and oxygen atoms in total. The van der Waals surface area contributed by atoms with E-state index < -0.39 is 0 Å². The molecule has 1 fully saturated rings. The molecule has 0 amide bonds. The SMILES string of the molecule is Cc1ccc(C(C(C)N)N(C)CCN2CCCC2)s1. The topological polar surface area (TPSA) is 32.5 Å². The Hall–Kier alpha value is -0.420. The number of nitrogens with two attached hydrogens (primary N) is 1. The monoisotopic (exact) mass is 281 g/mol. The zero-order chi connectivity index (χ0) is 13.8. The maximum atomic E-state index is 6.21. The number of likely N-dealkylation sites (tertiary alicyclic amines) is 1. The fraction of sp³-hybridized carbons (Fsp3) is 0.733. The van der Waals surface area contributed by atoms with E-state index in [0.29, 0.717) is 6.04 Å². The first-order valence-electron chi connectivity index (χ1n) is 7.32. The van der Waals surface area contributed by atoms with Crippen LogP contribution in [-0.4, -0.2) is 49.1 Å². The van der Waals surface area contributed by atoms with E-state index in [1.54, 1.807) is 0 Å². The van der Waals surface area contributed by atoms with Crippen molar-refractivity contribution in [2.75, 3.05) is 33.2 Å². The van der Waals surface area contributed by atoms with Gasteiger partial charge in [-0.2, -0.15) is 0 Å². The van der Waals surface area contributed by atoms with Crippen molar-refractivity contribution in [3.8, 4) is 0 Å². The van der Waals surface area contributed by atoms with Crippen LogP contribution >= 0.6 is 11.3 Å². The third-order valence-corrected chi connectivity index (χ3v) is 5.06. The van der Waals surface area contributed by atoms with Crippen LogP contribution in [0.3, 0.4) is 0 Å². The van der Waals surface area contributed by atoms with E-state index in [0.717, 1.165) is 6.54 Å². The molecule has 2 unspecified atom stereocenters.